The van der Waals surface area contributed by atoms with Gasteiger partial charge < -0.3 is 9.47 Å². The van der Waals surface area contributed by atoms with Gasteiger partial charge in [-0.05, 0) is 72.1 Å². The predicted octanol–water partition coefficient (Wildman–Crippen LogP) is 5.92. The van der Waals surface area contributed by atoms with Crippen LogP contribution >= 0.6 is 11.6 Å². The summed E-state index contributed by atoms with van der Waals surface area (Å²) in [6.45, 7) is 14.8. The van der Waals surface area contributed by atoms with Crippen LogP contribution in [0.3, 0.4) is 0 Å². The number of benzene rings is 1. The van der Waals surface area contributed by atoms with Gasteiger partial charge in [0.25, 0.3) is 0 Å². The van der Waals surface area contributed by atoms with Crippen LogP contribution in [0.2, 0.25) is 5.02 Å². The molecule has 0 aliphatic carbocycles. The smallest absolute Gasteiger partial charge is 0.417 e. The van der Waals surface area contributed by atoms with Crippen molar-refractivity contribution in [1.82, 2.24) is 10.2 Å². The fraction of sp³-hybridized carbons (Fsp3) is 0.522. The SMILES string of the molecule is C=CCCC/N=C(\NC(=O)OC(C)(C)C)N(Cc1ccc(Cl)cc1)C(=O)OC(C)(C)C. The van der Waals surface area contributed by atoms with Gasteiger partial charge in [0.05, 0.1) is 6.54 Å². The first-order valence-electron chi connectivity index (χ1n) is 10.2. The van der Waals surface area contributed by atoms with Crippen molar-refractivity contribution in [2.75, 3.05) is 6.54 Å². The minimum atomic E-state index is -0.727. The van der Waals surface area contributed by atoms with Crippen molar-refractivity contribution in [3.63, 3.8) is 0 Å². The van der Waals surface area contributed by atoms with Gasteiger partial charge in [-0.3, -0.25) is 10.3 Å². The van der Waals surface area contributed by atoms with E-state index in [1.807, 2.05) is 0 Å². The lowest BCUT2D eigenvalue weighted by Gasteiger charge is -2.29. The maximum atomic E-state index is 13.0. The third kappa shape index (κ3) is 11.4. The number of alkyl carbamates (subject to hydrolysis) is 1. The fourth-order valence-corrected chi connectivity index (χ4v) is 2.45. The van der Waals surface area contributed by atoms with Gasteiger partial charge in [-0.1, -0.05) is 29.8 Å². The maximum Gasteiger partial charge on any atom is 0.417 e. The number of ether oxygens (including phenoxy) is 2. The molecule has 0 bridgehead atoms. The number of hydrogen-bond acceptors (Lipinski definition) is 5. The van der Waals surface area contributed by atoms with Gasteiger partial charge in [0, 0.05) is 11.6 Å². The Morgan fingerprint density at radius 1 is 1.10 bits per heavy atom. The highest BCUT2D eigenvalue weighted by molar-refractivity contribution is 6.30. The number of unbranched alkanes of at least 4 members (excludes halogenated alkanes) is 1. The van der Waals surface area contributed by atoms with E-state index in [1.54, 1.807) is 71.9 Å². The predicted molar refractivity (Wildman–Crippen MR) is 124 cm³/mol. The number of nitrogens with one attached hydrogen (secondary N) is 1. The molecule has 31 heavy (non-hydrogen) atoms. The number of carbonyl (C=O) groups excluding carboxylic acids is 2. The molecule has 7 nitrogen and oxygen atoms in total. The molecule has 2 amide bonds. The molecular formula is C23H34ClN3O4. The van der Waals surface area contributed by atoms with E-state index in [1.165, 1.54) is 4.90 Å². The number of nitrogens with zero attached hydrogens (tertiary/aromatic N) is 2. The summed E-state index contributed by atoms with van der Waals surface area (Å²) in [6, 6.07) is 7.05. The van der Waals surface area contributed by atoms with E-state index in [-0.39, 0.29) is 12.5 Å². The molecule has 0 saturated carbocycles. The molecule has 0 unspecified atom stereocenters. The Morgan fingerprint density at radius 3 is 2.19 bits per heavy atom. The van der Waals surface area contributed by atoms with Crippen molar-refractivity contribution in [2.24, 2.45) is 4.99 Å². The minimum Gasteiger partial charge on any atom is -0.444 e. The van der Waals surface area contributed by atoms with Crippen LogP contribution in [0.1, 0.15) is 59.9 Å². The first-order valence-corrected chi connectivity index (χ1v) is 10.6. The number of hydrogen-bond donors (Lipinski definition) is 1. The van der Waals surface area contributed by atoms with Crippen LogP contribution in [0.4, 0.5) is 9.59 Å². The summed E-state index contributed by atoms with van der Waals surface area (Å²) >= 11 is 5.98. The normalized spacial score (nSPS) is 12.2. The van der Waals surface area contributed by atoms with Crippen molar-refractivity contribution >= 4 is 29.7 Å². The second-order valence-corrected chi connectivity index (χ2v) is 9.39. The fourth-order valence-electron chi connectivity index (χ4n) is 2.32. The van der Waals surface area contributed by atoms with E-state index in [0.717, 1.165) is 12.0 Å². The van der Waals surface area contributed by atoms with E-state index >= 15 is 0 Å². The molecule has 0 heterocycles. The second-order valence-electron chi connectivity index (χ2n) is 8.96. The van der Waals surface area contributed by atoms with Crippen LogP contribution in [0, 0.1) is 0 Å². The largest absolute Gasteiger partial charge is 0.444 e. The third-order valence-corrected chi connectivity index (χ3v) is 3.82. The number of allylic oxidation sites excluding steroid dienone is 1. The van der Waals surface area contributed by atoms with Gasteiger partial charge in [-0.25, -0.2) is 14.5 Å². The zero-order valence-corrected chi connectivity index (χ0v) is 20.1. The number of guanidine groups is 1. The van der Waals surface area contributed by atoms with Gasteiger partial charge in [-0.15, -0.1) is 6.58 Å². The summed E-state index contributed by atoms with van der Waals surface area (Å²) in [4.78, 5) is 31.2. The molecule has 172 valence electrons. The molecule has 1 N–H and O–H groups in total. The number of rotatable bonds is 6. The van der Waals surface area contributed by atoms with E-state index in [4.69, 9.17) is 21.1 Å². The first kappa shape index (κ1) is 26.5. The van der Waals surface area contributed by atoms with Crippen molar-refractivity contribution in [3.8, 4) is 0 Å². The Labute approximate surface area is 190 Å². The highest BCUT2D eigenvalue weighted by atomic mass is 35.5. The average Bonchev–Trinajstić information content (AvgIpc) is 2.61. The molecule has 0 aliphatic rings. The Hall–Kier alpha value is -2.54. The number of amides is 2. The summed E-state index contributed by atoms with van der Waals surface area (Å²) in [6.07, 6.45) is 1.91. The molecule has 1 aromatic carbocycles. The van der Waals surface area contributed by atoms with Crippen LogP contribution < -0.4 is 5.32 Å². The van der Waals surface area contributed by atoms with Crippen LogP contribution in [-0.4, -0.2) is 40.8 Å². The highest BCUT2D eigenvalue weighted by Crippen LogP contribution is 2.16. The van der Waals surface area contributed by atoms with Crippen LogP contribution in [-0.2, 0) is 16.0 Å². The van der Waals surface area contributed by atoms with Crippen LogP contribution in [0.25, 0.3) is 0 Å². The zero-order valence-electron chi connectivity index (χ0n) is 19.3. The molecule has 0 radical (unpaired) electrons. The highest BCUT2D eigenvalue weighted by Gasteiger charge is 2.28. The lowest BCUT2D eigenvalue weighted by Crippen LogP contribution is -2.49. The zero-order chi connectivity index (χ0) is 23.7. The van der Waals surface area contributed by atoms with E-state index in [9.17, 15) is 9.59 Å². The average molecular weight is 452 g/mol. The van der Waals surface area contributed by atoms with E-state index in [0.29, 0.717) is 18.0 Å². The minimum absolute atomic E-state index is 0.0579. The Bertz CT molecular complexity index is 777. The van der Waals surface area contributed by atoms with Crippen molar-refractivity contribution in [1.29, 1.82) is 0 Å². The standard InChI is InChI=1S/C23H34ClN3O4/c1-8-9-10-15-25-19(26-20(28)30-22(2,3)4)27(21(29)31-23(5,6)7)16-17-11-13-18(24)14-12-17/h8,11-14H,1,9-10,15-16H2,2-7H3,(H,25,26,28). The summed E-state index contributed by atoms with van der Waals surface area (Å²) in [5, 5.41) is 3.19. The number of carbonyl (C=O) groups is 2. The number of halogens is 1. The summed E-state index contributed by atoms with van der Waals surface area (Å²) in [5.74, 6) is 0.0579. The Kier molecular flexibility index (Phi) is 10.0. The van der Waals surface area contributed by atoms with Gasteiger partial charge in [-0.2, -0.15) is 0 Å². The maximum absolute atomic E-state index is 13.0. The van der Waals surface area contributed by atoms with Gasteiger partial charge in [0.1, 0.15) is 11.2 Å². The van der Waals surface area contributed by atoms with Crippen molar-refractivity contribution in [2.45, 2.75) is 72.1 Å². The lowest BCUT2D eigenvalue weighted by atomic mass is 10.2. The van der Waals surface area contributed by atoms with Crippen molar-refractivity contribution in [3.05, 3.63) is 47.5 Å². The van der Waals surface area contributed by atoms with Gasteiger partial charge in [0.2, 0.25) is 5.96 Å². The first-order chi connectivity index (χ1) is 14.3. The van der Waals surface area contributed by atoms with Crippen LogP contribution in [0.5, 0.6) is 0 Å². The molecule has 1 rings (SSSR count). The van der Waals surface area contributed by atoms with Gasteiger partial charge in [0.15, 0.2) is 0 Å². The van der Waals surface area contributed by atoms with E-state index in [2.05, 4.69) is 16.9 Å². The summed E-state index contributed by atoms with van der Waals surface area (Å²) < 4.78 is 10.9. The van der Waals surface area contributed by atoms with Gasteiger partial charge >= 0.3 is 12.2 Å². The quantitative estimate of drug-likeness (QED) is 0.252. The monoisotopic (exact) mass is 451 g/mol. The molecule has 8 heteroatoms. The Morgan fingerprint density at radius 2 is 1.68 bits per heavy atom. The van der Waals surface area contributed by atoms with Crippen molar-refractivity contribution < 1.29 is 19.1 Å². The molecular weight excluding hydrogens is 418 g/mol. The lowest BCUT2D eigenvalue weighted by molar-refractivity contribution is 0.0347. The molecule has 1 aromatic rings. The molecule has 0 spiro atoms. The molecule has 0 aliphatic heterocycles. The molecule has 0 fully saturated rings. The summed E-state index contributed by atoms with van der Waals surface area (Å²) in [7, 11) is 0. The molecule has 0 saturated heterocycles. The molecule has 0 aromatic heterocycles. The summed E-state index contributed by atoms with van der Waals surface area (Å²) in [5.41, 5.74) is -0.639. The second kappa shape index (κ2) is 11.7. The Balaban J connectivity index is 3.24. The van der Waals surface area contributed by atoms with Crippen LogP contribution in [0.15, 0.2) is 41.9 Å². The van der Waals surface area contributed by atoms with E-state index < -0.39 is 23.4 Å². The molecule has 0 atom stereocenters. The topological polar surface area (TPSA) is 80.2 Å². The number of aliphatic imine (C=N–C) groups is 1. The third-order valence-electron chi connectivity index (χ3n) is 3.56.